The first-order valence-electron chi connectivity index (χ1n) is 7.34. The van der Waals surface area contributed by atoms with Gasteiger partial charge in [0.1, 0.15) is 11.6 Å². The molecule has 1 aliphatic rings. The van der Waals surface area contributed by atoms with Gasteiger partial charge in [0.05, 0.1) is 5.69 Å². The van der Waals surface area contributed by atoms with E-state index < -0.39 is 0 Å². The van der Waals surface area contributed by atoms with E-state index in [2.05, 4.69) is 26.5 Å². The fourth-order valence-corrected chi connectivity index (χ4v) is 2.82. The highest BCUT2D eigenvalue weighted by atomic mass is 15.3. The van der Waals surface area contributed by atoms with Crippen molar-refractivity contribution in [3.05, 3.63) is 16.8 Å². The Bertz CT molecular complexity index is 506. The van der Waals surface area contributed by atoms with Crippen molar-refractivity contribution < 1.29 is 0 Å². The van der Waals surface area contributed by atoms with E-state index in [0.717, 1.165) is 43.0 Å². The van der Waals surface area contributed by atoms with Crippen molar-refractivity contribution in [1.29, 1.82) is 5.26 Å². The summed E-state index contributed by atoms with van der Waals surface area (Å²) in [5, 5.41) is 21.2. The highest BCUT2D eigenvalue weighted by molar-refractivity contribution is 5.58. The van der Waals surface area contributed by atoms with Crippen molar-refractivity contribution in [3.63, 3.8) is 0 Å². The lowest BCUT2D eigenvalue weighted by molar-refractivity contribution is 0.429. The molecule has 5 heteroatoms. The molecule has 1 aliphatic heterocycles. The third-order valence-corrected chi connectivity index (χ3v) is 4.17. The maximum atomic E-state index is 9.46. The molecule has 0 saturated carbocycles. The molecule has 1 aromatic rings. The number of piperidine rings is 1. The van der Waals surface area contributed by atoms with Crippen LogP contribution in [0.25, 0.3) is 0 Å². The van der Waals surface area contributed by atoms with Crippen molar-refractivity contribution >= 4 is 5.82 Å². The van der Waals surface area contributed by atoms with Crippen molar-refractivity contribution in [2.24, 2.45) is 0 Å². The van der Waals surface area contributed by atoms with Gasteiger partial charge in [-0.25, -0.2) is 0 Å². The Labute approximate surface area is 121 Å². The van der Waals surface area contributed by atoms with E-state index in [0.29, 0.717) is 11.6 Å². The number of nitrogens with one attached hydrogen (secondary N) is 1. The van der Waals surface area contributed by atoms with Crippen LogP contribution in [0.5, 0.6) is 0 Å². The molecule has 0 aliphatic carbocycles. The average molecular weight is 273 g/mol. The SMILES string of the molecule is CNCCC1CCCCN1c1nnc(C)c(C)c1C#N. The van der Waals surface area contributed by atoms with Gasteiger partial charge in [0.15, 0.2) is 5.82 Å². The molecule has 0 spiro atoms. The second-order valence-corrected chi connectivity index (χ2v) is 5.46. The molecule has 1 atom stereocenters. The molecule has 0 aromatic carbocycles. The Morgan fingerprint density at radius 2 is 2.15 bits per heavy atom. The summed E-state index contributed by atoms with van der Waals surface area (Å²) in [6.45, 7) is 5.82. The number of anilines is 1. The molecule has 20 heavy (non-hydrogen) atoms. The number of hydrogen-bond donors (Lipinski definition) is 1. The van der Waals surface area contributed by atoms with Gasteiger partial charge < -0.3 is 10.2 Å². The maximum Gasteiger partial charge on any atom is 0.169 e. The zero-order chi connectivity index (χ0) is 14.5. The zero-order valence-electron chi connectivity index (χ0n) is 12.6. The van der Waals surface area contributed by atoms with Crippen molar-refractivity contribution in [3.8, 4) is 6.07 Å². The summed E-state index contributed by atoms with van der Waals surface area (Å²) in [6.07, 6.45) is 4.66. The Balaban J connectivity index is 2.33. The first-order chi connectivity index (χ1) is 9.69. The van der Waals surface area contributed by atoms with Gasteiger partial charge in [-0.3, -0.25) is 0 Å². The van der Waals surface area contributed by atoms with E-state index in [1.54, 1.807) is 0 Å². The van der Waals surface area contributed by atoms with Gasteiger partial charge in [-0.15, -0.1) is 5.10 Å². The minimum Gasteiger partial charge on any atom is -0.351 e. The van der Waals surface area contributed by atoms with Gasteiger partial charge in [0, 0.05) is 12.6 Å². The molecular weight excluding hydrogens is 250 g/mol. The fourth-order valence-electron chi connectivity index (χ4n) is 2.82. The van der Waals surface area contributed by atoms with Gasteiger partial charge >= 0.3 is 0 Å². The van der Waals surface area contributed by atoms with E-state index in [9.17, 15) is 5.26 Å². The van der Waals surface area contributed by atoms with Crippen LogP contribution in [-0.4, -0.2) is 36.4 Å². The van der Waals surface area contributed by atoms with Crippen molar-refractivity contribution in [2.75, 3.05) is 25.0 Å². The topological polar surface area (TPSA) is 64.8 Å². The number of nitriles is 1. The third kappa shape index (κ3) is 2.91. The standard InChI is InChI=1S/C15H23N5/c1-11-12(2)18-19-15(14(11)10-16)20-9-5-4-6-13(20)7-8-17-3/h13,17H,4-9H2,1-3H3. The van der Waals surface area contributed by atoms with Crippen LogP contribution in [0, 0.1) is 25.2 Å². The van der Waals surface area contributed by atoms with Crippen LogP contribution in [-0.2, 0) is 0 Å². The molecule has 0 bridgehead atoms. The van der Waals surface area contributed by atoms with Crippen molar-refractivity contribution in [1.82, 2.24) is 15.5 Å². The second-order valence-electron chi connectivity index (χ2n) is 5.46. The Morgan fingerprint density at radius 1 is 1.35 bits per heavy atom. The van der Waals surface area contributed by atoms with Crippen LogP contribution >= 0.6 is 0 Å². The van der Waals surface area contributed by atoms with Crippen LogP contribution in [0.4, 0.5) is 5.82 Å². The molecule has 1 unspecified atom stereocenters. The molecular formula is C15H23N5. The van der Waals surface area contributed by atoms with E-state index in [4.69, 9.17) is 0 Å². The van der Waals surface area contributed by atoms with E-state index in [1.807, 2.05) is 20.9 Å². The molecule has 108 valence electrons. The molecule has 1 saturated heterocycles. The molecule has 0 amide bonds. The Kier molecular flexibility index (Phi) is 4.91. The van der Waals surface area contributed by atoms with Gasteiger partial charge in [0.2, 0.25) is 0 Å². The summed E-state index contributed by atoms with van der Waals surface area (Å²) in [7, 11) is 1.98. The van der Waals surface area contributed by atoms with Crippen LogP contribution in [0.1, 0.15) is 42.5 Å². The summed E-state index contributed by atoms with van der Waals surface area (Å²) >= 11 is 0. The minimum absolute atomic E-state index is 0.458. The summed E-state index contributed by atoms with van der Waals surface area (Å²) in [4.78, 5) is 2.29. The molecule has 0 radical (unpaired) electrons. The van der Waals surface area contributed by atoms with E-state index in [-0.39, 0.29) is 0 Å². The predicted octanol–water partition coefficient (Wildman–Crippen LogP) is 1.93. The molecule has 2 heterocycles. The fraction of sp³-hybridized carbons (Fsp3) is 0.667. The third-order valence-electron chi connectivity index (χ3n) is 4.17. The largest absolute Gasteiger partial charge is 0.351 e. The van der Waals surface area contributed by atoms with Gasteiger partial charge in [-0.05, 0) is 58.7 Å². The van der Waals surface area contributed by atoms with Gasteiger partial charge in [-0.1, -0.05) is 0 Å². The number of aryl methyl sites for hydroxylation is 1. The van der Waals surface area contributed by atoms with Crippen LogP contribution < -0.4 is 10.2 Å². The van der Waals surface area contributed by atoms with Gasteiger partial charge in [0.25, 0.3) is 0 Å². The number of aromatic nitrogens is 2. The van der Waals surface area contributed by atoms with Crippen LogP contribution in [0.3, 0.4) is 0 Å². The quantitative estimate of drug-likeness (QED) is 0.908. The Hall–Kier alpha value is -1.67. The summed E-state index contributed by atoms with van der Waals surface area (Å²) in [5.41, 5.74) is 2.48. The lowest BCUT2D eigenvalue weighted by atomic mass is 9.98. The lowest BCUT2D eigenvalue weighted by Crippen LogP contribution is -2.42. The lowest BCUT2D eigenvalue weighted by Gasteiger charge is -2.37. The smallest absolute Gasteiger partial charge is 0.169 e. The Morgan fingerprint density at radius 3 is 2.85 bits per heavy atom. The number of rotatable bonds is 4. The highest BCUT2D eigenvalue weighted by Gasteiger charge is 2.26. The van der Waals surface area contributed by atoms with Gasteiger partial charge in [-0.2, -0.15) is 10.4 Å². The highest BCUT2D eigenvalue weighted by Crippen LogP contribution is 2.28. The molecule has 1 fully saturated rings. The zero-order valence-corrected chi connectivity index (χ0v) is 12.6. The molecule has 5 nitrogen and oxygen atoms in total. The summed E-state index contributed by atoms with van der Waals surface area (Å²) < 4.78 is 0. The number of nitrogens with zero attached hydrogens (tertiary/aromatic N) is 4. The molecule has 2 rings (SSSR count). The maximum absolute atomic E-state index is 9.46. The average Bonchev–Trinajstić information content (AvgIpc) is 2.48. The molecule has 1 aromatic heterocycles. The normalized spacial score (nSPS) is 18.9. The molecule has 1 N–H and O–H groups in total. The van der Waals surface area contributed by atoms with Crippen molar-refractivity contribution in [2.45, 2.75) is 45.6 Å². The predicted molar refractivity (Wildman–Crippen MR) is 79.7 cm³/mol. The minimum atomic E-state index is 0.458. The first-order valence-corrected chi connectivity index (χ1v) is 7.34. The second kappa shape index (κ2) is 6.67. The van der Waals surface area contributed by atoms with Crippen LogP contribution in [0.15, 0.2) is 0 Å². The van der Waals surface area contributed by atoms with Crippen LogP contribution in [0.2, 0.25) is 0 Å². The summed E-state index contributed by atoms with van der Waals surface area (Å²) in [5.74, 6) is 0.774. The number of hydrogen-bond acceptors (Lipinski definition) is 5. The first kappa shape index (κ1) is 14.7. The van der Waals surface area contributed by atoms with E-state index in [1.165, 1.54) is 12.8 Å². The van der Waals surface area contributed by atoms with E-state index >= 15 is 0 Å². The summed E-state index contributed by atoms with van der Waals surface area (Å²) in [6, 6.07) is 2.78. The monoisotopic (exact) mass is 273 g/mol.